The van der Waals surface area contributed by atoms with Gasteiger partial charge >= 0.3 is 0 Å². The van der Waals surface area contributed by atoms with E-state index in [0.29, 0.717) is 21.4 Å². The molecule has 4 rings (SSSR count). The highest BCUT2D eigenvalue weighted by Gasteiger charge is 2.18. The Labute approximate surface area is 212 Å². The van der Waals surface area contributed by atoms with Gasteiger partial charge in [0, 0.05) is 52.1 Å². The van der Waals surface area contributed by atoms with Crippen LogP contribution in [0.4, 0.5) is 11.4 Å². The number of benzene rings is 3. The maximum Gasteiger partial charge on any atom is 0.275 e. The second-order valence-corrected chi connectivity index (χ2v) is 8.76. The Hall–Kier alpha value is -3.62. The lowest BCUT2D eigenvalue weighted by Gasteiger charge is -2.19. The minimum atomic E-state index is -0.479. The molecular formula is C25H22Cl2N4O4. The van der Waals surface area contributed by atoms with Crippen molar-refractivity contribution in [1.29, 1.82) is 0 Å². The number of non-ortho nitro benzene ring substituents is 1. The molecule has 1 amide bonds. The smallest absolute Gasteiger partial charge is 0.275 e. The van der Waals surface area contributed by atoms with Gasteiger partial charge in [0.1, 0.15) is 12.4 Å². The van der Waals surface area contributed by atoms with Gasteiger partial charge in [-0.3, -0.25) is 14.9 Å². The summed E-state index contributed by atoms with van der Waals surface area (Å²) in [5.74, 6) is -0.119. The van der Waals surface area contributed by atoms with Crippen LogP contribution < -0.4 is 15.1 Å². The summed E-state index contributed by atoms with van der Waals surface area (Å²) in [6.07, 6.45) is 3.54. The standard InChI is InChI=1S/C25H22Cl2N4O4/c26-19-8-7-17(22(27)14-19)16-35-24-6-2-1-5-21(24)25(32)29-28-15-18-13-20(31(33)34)9-10-23(18)30-11-3-4-12-30/h1-2,5-10,13-15H,3-4,11-12,16H2,(H,29,32)/b28-15+. The molecule has 3 aromatic rings. The fraction of sp³-hybridized carbons (Fsp3) is 0.200. The third kappa shape index (κ3) is 6.09. The van der Waals surface area contributed by atoms with Gasteiger partial charge in [-0.25, -0.2) is 5.43 Å². The molecule has 0 aromatic heterocycles. The first-order valence-electron chi connectivity index (χ1n) is 10.9. The number of carbonyl (C=O) groups excluding carboxylic acids is 1. The van der Waals surface area contributed by atoms with E-state index >= 15 is 0 Å². The maximum atomic E-state index is 12.8. The number of halogens is 2. The maximum absolute atomic E-state index is 12.8. The Bertz CT molecular complexity index is 1280. The van der Waals surface area contributed by atoms with Gasteiger partial charge in [-0.15, -0.1) is 0 Å². The van der Waals surface area contributed by atoms with E-state index in [2.05, 4.69) is 15.4 Å². The zero-order valence-corrected chi connectivity index (χ0v) is 20.1. The molecule has 0 unspecified atom stereocenters. The molecule has 35 heavy (non-hydrogen) atoms. The number of nitro benzene ring substituents is 1. The van der Waals surface area contributed by atoms with Crippen LogP contribution in [0.15, 0.2) is 65.8 Å². The van der Waals surface area contributed by atoms with Gasteiger partial charge in [0.25, 0.3) is 11.6 Å². The number of rotatable bonds is 8. The summed E-state index contributed by atoms with van der Waals surface area (Å²) in [6, 6.07) is 16.5. The van der Waals surface area contributed by atoms with Gasteiger partial charge in [0.15, 0.2) is 0 Å². The number of nitrogens with one attached hydrogen (secondary N) is 1. The highest BCUT2D eigenvalue weighted by Crippen LogP contribution is 2.28. The number of hydrazone groups is 1. The number of nitro groups is 1. The van der Waals surface area contributed by atoms with Gasteiger partial charge in [-0.1, -0.05) is 41.4 Å². The lowest BCUT2D eigenvalue weighted by molar-refractivity contribution is -0.384. The number of amides is 1. The molecule has 1 saturated heterocycles. The molecule has 10 heteroatoms. The van der Waals surface area contributed by atoms with Crippen LogP contribution in [0.25, 0.3) is 0 Å². The highest BCUT2D eigenvalue weighted by atomic mass is 35.5. The van der Waals surface area contributed by atoms with Crippen molar-refractivity contribution in [2.75, 3.05) is 18.0 Å². The zero-order chi connectivity index (χ0) is 24.8. The number of hydrogen-bond donors (Lipinski definition) is 1. The van der Waals surface area contributed by atoms with E-state index in [1.54, 1.807) is 48.5 Å². The van der Waals surface area contributed by atoms with E-state index in [4.69, 9.17) is 27.9 Å². The van der Waals surface area contributed by atoms with Gasteiger partial charge in [0.2, 0.25) is 0 Å². The summed E-state index contributed by atoms with van der Waals surface area (Å²) in [4.78, 5) is 25.8. The van der Waals surface area contributed by atoms with Crippen LogP contribution in [0, 0.1) is 10.1 Å². The van der Waals surface area contributed by atoms with E-state index < -0.39 is 10.8 Å². The Morgan fingerprint density at radius 2 is 1.89 bits per heavy atom. The number of ether oxygens (including phenoxy) is 1. The molecule has 1 aliphatic rings. The average Bonchev–Trinajstić information content (AvgIpc) is 3.38. The van der Waals surface area contributed by atoms with Crippen LogP contribution in [0.2, 0.25) is 10.0 Å². The fourth-order valence-corrected chi connectivity index (χ4v) is 4.26. The summed E-state index contributed by atoms with van der Waals surface area (Å²) in [6.45, 7) is 1.89. The largest absolute Gasteiger partial charge is 0.488 e. The first-order chi connectivity index (χ1) is 16.9. The SMILES string of the molecule is O=C(N/N=C/c1cc([N+](=O)[O-])ccc1N1CCCC1)c1ccccc1OCc1ccc(Cl)cc1Cl. The minimum absolute atomic E-state index is 0.0414. The molecule has 0 atom stereocenters. The third-order valence-corrected chi connectivity index (χ3v) is 6.16. The first kappa shape index (κ1) is 24.5. The number of nitrogens with zero attached hydrogens (tertiary/aromatic N) is 3. The molecule has 1 heterocycles. The van der Waals surface area contributed by atoms with E-state index in [1.165, 1.54) is 18.3 Å². The summed E-state index contributed by atoms with van der Waals surface area (Å²) in [5.41, 5.74) is 4.86. The Balaban J connectivity index is 1.48. The molecule has 0 bridgehead atoms. The molecule has 0 saturated carbocycles. The Morgan fingerprint density at radius 3 is 2.63 bits per heavy atom. The van der Waals surface area contributed by atoms with Gasteiger partial charge < -0.3 is 9.64 Å². The molecule has 1 fully saturated rings. The van der Waals surface area contributed by atoms with Crippen LogP contribution in [0.3, 0.4) is 0 Å². The van der Waals surface area contributed by atoms with Gasteiger partial charge in [0.05, 0.1) is 16.7 Å². The van der Waals surface area contributed by atoms with Gasteiger partial charge in [-0.05, 0) is 43.2 Å². The van der Waals surface area contributed by atoms with Crippen LogP contribution in [0.1, 0.15) is 34.3 Å². The lowest BCUT2D eigenvalue weighted by atomic mass is 10.1. The summed E-state index contributed by atoms with van der Waals surface area (Å²) >= 11 is 12.1. The van der Waals surface area contributed by atoms with E-state index in [1.807, 2.05) is 0 Å². The van der Waals surface area contributed by atoms with Crippen molar-refractivity contribution in [1.82, 2.24) is 5.43 Å². The van der Waals surface area contributed by atoms with E-state index in [0.717, 1.165) is 37.2 Å². The second kappa shape index (κ2) is 11.2. The van der Waals surface area contributed by atoms with Crippen molar-refractivity contribution in [3.05, 3.63) is 97.5 Å². The molecule has 1 N–H and O–H groups in total. The lowest BCUT2D eigenvalue weighted by Crippen LogP contribution is -2.21. The third-order valence-electron chi connectivity index (χ3n) is 5.57. The normalized spacial score (nSPS) is 13.3. The van der Waals surface area contributed by atoms with Crippen LogP contribution in [-0.2, 0) is 6.61 Å². The molecule has 0 radical (unpaired) electrons. The number of hydrogen-bond acceptors (Lipinski definition) is 6. The van der Waals surface area contributed by atoms with Gasteiger partial charge in [-0.2, -0.15) is 5.10 Å². The average molecular weight is 513 g/mol. The Morgan fingerprint density at radius 1 is 1.11 bits per heavy atom. The summed E-state index contributed by atoms with van der Waals surface area (Å²) in [7, 11) is 0. The molecule has 0 spiro atoms. The van der Waals surface area contributed by atoms with E-state index in [9.17, 15) is 14.9 Å². The summed E-state index contributed by atoms with van der Waals surface area (Å²) in [5, 5.41) is 16.3. The van der Waals surface area contributed by atoms with Crippen molar-refractivity contribution < 1.29 is 14.5 Å². The molecule has 0 aliphatic carbocycles. The number of anilines is 1. The quantitative estimate of drug-likeness (QED) is 0.232. The van der Waals surface area contributed by atoms with Crippen molar-refractivity contribution in [2.24, 2.45) is 5.10 Å². The predicted molar refractivity (Wildman–Crippen MR) is 137 cm³/mol. The second-order valence-electron chi connectivity index (χ2n) is 7.91. The van der Waals surface area contributed by atoms with Crippen molar-refractivity contribution >= 4 is 46.7 Å². The molecule has 3 aromatic carbocycles. The molecule has 8 nitrogen and oxygen atoms in total. The van der Waals surface area contributed by atoms with Crippen molar-refractivity contribution in [3.8, 4) is 5.75 Å². The van der Waals surface area contributed by atoms with Crippen LogP contribution >= 0.6 is 23.2 Å². The first-order valence-corrected chi connectivity index (χ1v) is 11.7. The number of para-hydroxylation sites is 1. The molecule has 180 valence electrons. The molecule has 1 aliphatic heterocycles. The number of carbonyl (C=O) groups is 1. The summed E-state index contributed by atoms with van der Waals surface area (Å²) < 4.78 is 5.84. The Kier molecular flexibility index (Phi) is 7.84. The highest BCUT2D eigenvalue weighted by molar-refractivity contribution is 6.35. The monoisotopic (exact) mass is 512 g/mol. The van der Waals surface area contributed by atoms with Crippen molar-refractivity contribution in [3.63, 3.8) is 0 Å². The molecular weight excluding hydrogens is 491 g/mol. The zero-order valence-electron chi connectivity index (χ0n) is 18.6. The minimum Gasteiger partial charge on any atom is -0.488 e. The van der Waals surface area contributed by atoms with Crippen molar-refractivity contribution in [2.45, 2.75) is 19.4 Å². The van der Waals surface area contributed by atoms with E-state index in [-0.39, 0.29) is 17.9 Å². The predicted octanol–water partition coefficient (Wildman–Crippen LogP) is 5.84. The van der Waals surface area contributed by atoms with Crippen LogP contribution in [0.5, 0.6) is 5.75 Å². The fourth-order valence-electron chi connectivity index (χ4n) is 3.80. The topological polar surface area (TPSA) is 97.1 Å². The van der Waals surface area contributed by atoms with Crippen LogP contribution in [-0.4, -0.2) is 30.1 Å².